The van der Waals surface area contributed by atoms with E-state index in [0.29, 0.717) is 29.7 Å². The van der Waals surface area contributed by atoms with Crippen LogP contribution in [0.15, 0.2) is 30.3 Å². The van der Waals surface area contributed by atoms with Crippen LogP contribution in [-0.2, 0) is 0 Å². The Bertz CT molecular complexity index is 1170. The number of nitriles is 1. The summed E-state index contributed by atoms with van der Waals surface area (Å²) in [4.78, 5) is 18.7. The van der Waals surface area contributed by atoms with E-state index in [2.05, 4.69) is 11.1 Å². The molecule has 1 aliphatic rings. The van der Waals surface area contributed by atoms with Gasteiger partial charge in [0.05, 0.1) is 22.8 Å². The van der Waals surface area contributed by atoms with Crippen LogP contribution in [0, 0.1) is 17.1 Å². The molecule has 1 fully saturated rings. The van der Waals surface area contributed by atoms with Gasteiger partial charge in [-0.2, -0.15) is 5.26 Å². The first kappa shape index (κ1) is 20.0. The molecule has 3 aromatic rings. The molecule has 1 aromatic heterocycles. The number of hydrogen-bond donors (Lipinski definition) is 2. The number of nitrogens with zero attached hydrogens (tertiary/aromatic N) is 3. The van der Waals surface area contributed by atoms with Crippen molar-refractivity contribution in [2.24, 2.45) is 0 Å². The number of anilines is 1. The SMILES string of the molecule is CC(C)(C)N(C(=O)O)[C@@H]1CCCN(c2c(F)cc(C#N)c3[nH]c4ccccc4c23)C1. The molecule has 0 saturated carbocycles. The Labute approximate surface area is 174 Å². The molecule has 1 atom stereocenters. The van der Waals surface area contributed by atoms with E-state index in [-0.39, 0.29) is 11.6 Å². The van der Waals surface area contributed by atoms with E-state index < -0.39 is 17.4 Å². The molecule has 0 aliphatic carbocycles. The number of para-hydroxylation sites is 1. The Morgan fingerprint density at radius 3 is 2.77 bits per heavy atom. The van der Waals surface area contributed by atoms with Crippen LogP contribution in [-0.4, -0.2) is 45.8 Å². The lowest BCUT2D eigenvalue weighted by atomic mass is 9.96. The molecular formula is C23H25FN4O2. The molecule has 0 radical (unpaired) electrons. The summed E-state index contributed by atoms with van der Waals surface area (Å²) in [7, 11) is 0. The molecule has 30 heavy (non-hydrogen) atoms. The molecule has 1 amide bonds. The number of aromatic amines is 1. The fourth-order valence-electron chi connectivity index (χ4n) is 4.73. The molecule has 0 spiro atoms. The van der Waals surface area contributed by atoms with Crippen LogP contribution in [0.4, 0.5) is 14.9 Å². The van der Waals surface area contributed by atoms with Gasteiger partial charge in [0, 0.05) is 34.9 Å². The third-order valence-corrected chi connectivity index (χ3v) is 5.84. The second-order valence-corrected chi connectivity index (χ2v) is 8.85. The summed E-state index contributed by atoms with van der Waals surface area (Å²) in [5, 5.41) is 20.9. The second-order valence-electron chi connectivity index (χ2n) is 8.85. The van der Waals surface area contributed by atoms with E-state index in [0.717, 1.165) is 23.7 Å². The van der Waals surface area contributed by atoms with E-state index in [4.69, 9.17) is 0 Å². The van der Waals surface area contributed by atoms with Crippen LogP contribution < -0.4 is 4.90 Å². The first-order valence-corrected chi connectivity index (χ1v) is 10.1. The summed E-state index contributed by atoms with van der Waals surface area (Å²) in [6, 6.07) is 10.7. The molecule has 6 nitrogen and oxygen atoms in total. The maximum atomic E-state index is 15.3. The third-order valence-electron chi connectivity index (χ3n) is 5.84. The molecule has 0 bridgehead atoms. The monoisotopic (exact) mass is 408 g/mol. The molecule has 1 aliphatic heterocycles. The summed E-state index contributed by atoms with van der Waals surface area (Å²) in [6.07, 6.45) is 0.523. The average molecular weight is 408 g/mol. The molecule has 2 heterocycles. The third kappa shape index (κ3) is 3.22. The zero-order valence-electron chi connectivity index (χ0n) is 17.4. The predicted octanol–water partition coefficient (Wildman–Crippen LogP) is 5.08. The number of rotatable bonds is 2. The largest absolute Gasteiger partial charge is 0.465 e. The molecule has 1 saturated heterocycles. The van der Waals surface area contributed by atoms with Gasteiger partial charge in [0.2, 0.25) is 0 Å². The summed E-state index contributed by atoms with van der Waals surface area (Å²) in [5.74, 6) is -0.456. The van der Waals surface area contributed by atoms with Gasteiger partial charge in [0.25, 0.3) is 0 Å². The zero-order valence-corrected chi connectivity index (χ0v) is 17.4. The van der Waals surface area contributed by atoms with Crippen molar-refractivity contribution in [3.8, 4) is 6.07 Å². The van der Waals surface area contributed by atoms with Crippen molar-refractivity contribution in [2.45, 2.75) is 45.2 Å². The molecule has 4 rings (SSSR count). The molecule has 7 heteroatoms. The average Bonchev–Trinajstić information content (AvgIpc) is 3.05. The van der Waals surface area contributed by atoms with Crippen molar-refractivity contribution in [1.82, 2.24) is 9.88 Å². The van der Waals surface area contributed by atoms with Crippen molar-refractivity contribution in [1.29, 1.82) is 5.26 Å². The first-order chi connectivity index (χ1) is 14.2. The second kappa shape index (κ2) is 7.21. The van der Waals surface area contributed by atoms with Gasteiger partial charge >= 0.3 is 6.09 Å². The Balaban J connectivity index is 1.86. The first-order valence-electron chi connectivity index (χ1n) is 10.1. The predicted molar refractivity (Wildman–Crippen MR) is 115 cm³/mol. The number of aromatic nitrogens is 1. The number of carboxylic acid groups (broad SMARTS) is 1. The minimum absolute atomic E-state index is 0.244. The number of piperidine rings is 1. The molecular weight excluding hydrogens is 383 g/mol. The highest BCUT2D eigenvalue weighted by atomic mass is 19.1. The number of halogens is 1. The lowest BCUT2D eigenvalue weighted by molar-refractivity contribution is 0.0648. The number of fused-ring (bicyclic) bond motifs is 3. The Morgan fingerprint density at radius 2 is 2.10 bits per heavy atom. The number of H-pyrrole nitrogens is 1. The van der Waals surface area contributed by atoms with E-state index in [1.807, 2.05) is 49.9 Å². The molecule has 2 N–H and O–H groups in total. The van der Waals surface area contributed by atoms with Crippen LogP contribution in [0.3, 0.4) is 0 Å². The van der Waals surface area contributed by atoms with Gasteiger partial charge < -0.3 is 15.0 Å². The Morgan fingerprint density at radius 1 is 1.37 bits per heavy atom. The number of nitrogens with one attached hydrogen (secondary N) is 1. The van der Waals surface area contributed by atoms with Crippen LogP contribution in [0.1, 0.15) is 39.2 Å². The Kier molecular flexibility index (Phi) is 4.81. The zero-order chi connectivity index (χ0) is 21.6. The lowest BCUT2D eigenvalue weighted by Gasteiger charge is -2.45. The number of hydrogen-bond acceptors (Lipinski definition) is 3. The van der Waals surface area contributed by atoms with Gasteiger partial charge in [-0.05, 0) is 45.7 Å². The van der Waals surface area contributed by atoms with Crippen molar-refractivity contribution in [3.63, 3.8) is 0 Å². The van der Waals surface area contributed by atoms with Crippen molar-refractivity contribution in [2.75, 3.05) is 18.0 Å². The Hall–Kier alpha value is -3.27. The summed E-state index contributed by atoms with van der Waals surface area (Å²) >= 11 is 0. The molecule has 0 unspecified atom stereocenters. The highest BCUT2D eigenvalue weighted by molar-refractivity contribution is 6.15. The molecule has 2 aromatic carbocycles. The van der Waals surface area contributed by atoms with E-state index in [1.54, 1.807) is 0 Å². The standard InChI is InChI=1S/C23H25FN4O2/c1-23(2,3)28(22(29)30)15-7-6-10-27(13-15)21-17(24)11-14(12-25)20-19(21)16-8-4-5-9-18(16)26-20/h4-5,8-9,11,15,26H,6-7,10,13H2,1-3H3,(H,29,30)/t15-/m1/s1. The summed E-state index contributed by atoms with van der Waals surface area (Å²) < 4.78 is 15.3. The number of carbonyl (C=O) groups is 1. The van der Waals surface area contributed by atoms with Crippen LogP contribution >= 0.6 is 0 Å². The van der Waals surface area contributed by atoms with Gasteiger partial charge in [0.1, 0.15) is 11.9 Å². The smallest absolute Gasteiger partial charge is 0.408 e. The quantitative estimate of drug-likeness (QED) is 0.619. The summed E-state index contributed by atoms with van der Waals surface area (Å²) in [5.41, 5.74) is 1.59. The van der Waals surface area contributed by atoms with E-state index >= 15 is 4.39 Å². The highest BCUT2D eigenvalue weighted by Crippen LogP contribution is 2.39. The fraction of sp³-hybridized carbons (Fsp3) is 0.391. The van der Waals surface area contributed by atoms with Gasteiger partial charge in [-0.3, -0.25) is 4.90 Å². The maximum absolute atomic E-state index is 15.3. The van der Waals surface area contributed by atoms with Gasteiger partial charge in [-0.15, -0.1) is 0 Å². The topological polar surface area (TPSA) is 83.4 Å². The fourth-order valence-corrected chi connectivity index (χ4v) is 4.73. The van der Waals surface area contributed by atoms with E-state index in [9.17, 15) is 15.2 Å². The van der Waals surface area contributed by atoms with Crippen molar-refractivity contribution in [3.05, 3.63) is 41.7 Å². The summed E-state index contributed by atoms with van der Waals surface area (Å²) in [6.45, 7) is 6.66. The number of benzene rings is 2. The lowest BCUT2D eigenvalue weighted by Crippen LogP contribution is -2.57. The van der Waals surface area contributed by atoms with Crippen LogP contribution in [0.2, 0.25) is 0 Å². The van der Waals surface area contributed by atoms with Gasteiger partial charge in [0.15, 0.2) is 0 Å². The van der Waals surface area contributed by atoms with Crippen molar-refractivity contribution < 1.29 is 14.3 Å². The van der Waals surface area contributed by atoms with Crippen LogP contribution in [0.25, 0.3) is 21.8 Å². The maximum Gasteiger partial charge on any atom is 0.408 e. The number of amides is 1. The van der Waals surface area contributed by atoms with Gasteiger partial charge in [-0.25, -0.2) is 9.18 Å². The highest BCUT2D eigenvalue weighted by Gasteiger charge is 2.37. The van der Waals surface area contributed by atoms with E-state index in [1.165, 1.54) is 11.0 Å². The van der Waals surface area contributed by atoms with Gasteiger partial charge in [-0.1, -0.05) is 18.2 Å². The van der Waals surface area contributed by atoms with Crippen molar-refractivity contribution >= 4 is 33.6 Å². The minimum atomic E-state index is -0.966. The molecule has 156 valence electrons. The normalized spacial score (nSPS) is 17.3. The minimum Gasteiger partial charge on any atom is -0.465 e. The van der Waals surface area contributed by atoms with Crippen LogP contribution in [0.5, 0.6) is 0 Å².